The summed E-state index contributed by atoms with van der Waals surface area (Å²) >= 11 is 0. The maximum atomic E-state index is 11.9. The average molecular weight is 269 g/mol. The first kappa shape index (κ1) is 15.5. The highest BCUT2D eigenvalue weighted by molar-refractivity contribution is 5.88. The monoisotopic (exact) mass is 269 g/mol. The van der Waals surface area contributed by atoms with E-state index in [1.165, 1.54) is 4.90 Å². The van der Waals surface area contributed by atoms with Crippen molar-refractivity contribution in [1.82, 2.24) is 19.6 Å². The van der Waals surface area contributed by atoms with E-state index < -0.39 is 0 Å². The van der Waals surface area contributed by atoms with Gasteiger partial charge in [-0.15, -0.1) is 0 Å². The molecular weight excluding hydrogens is 246 g/mol. The predicted octanol–water partition coefficient (Wildman–Crippen LogP) is 0.291. The van der Waals surface area contributed by atoms with Crippen LogP contribution < -0.4 is 5.32 Å². The Balaban J connectivity index is 2.50. The summed E-state index contributed by atoms with van der Waals surface area (Å²) in [6.07, 6.45) is 3.43. The third-order valence-electron chi connectivity index (χ3n) is 2.70. The zero-order chi connectivity index (χ0) is 14.3. The fourth-order valence-electron chi connectivity index (χ4n) is 1.58. The number of aliphatic hydroxyl groups is 1. The maximum absolute atomic E-state index is 11.9. The molecule has 0 saturated carbocycles. The molecule has 0 atom stereocenters. The zero-order valence-electron chi connectivity index (χ0n) is 11.8. The molecule has 0 bridgehead atoms. The number of urea groups is 1. The van der Waals surface area contributed by atoms with Crippen LogP contribution in [0.3, 0.4) is 0 Å². The number of nitrogens with zero attached hydrogens (tertiary/aromatic N) is 4. The van der Waals surface area contributed by atoms with Gasteiger partial charge in [0, 0.05) is 25.8 Å². The smallest absolute Gasteiger partial charge is 0.322 e. The molecule has 0 radical (unpaired) electrons. The van der Waals surface area contributed by atoms with Crippen LogP contribution in [0.4, 0.5) is 10.5 Å². The molecular formula is C12H23N5O2. The number of carbonyl (C=O) groups is 1. The molecule has 1 heterocycles. The molecule has 7 nitrogen and oxygen atoms in total. The van der Waals surface area contributed by atoms with Crippen LogP contribution in [0.1, 0.15) is 6.92 Å². The summed E-state index contributed by atoms with van der Waals surface area (Å²) in [5.41, 5.74) is 0.667. The largest absolute Gasteiger partial charge is 0.395 e. The average Bonchev–Trinajstić information content (AvgIpc) is 2.81. The van der Waals surface area contributed by atoms with E-state index in [-0.39, 0.29) is 12.6 Å². The van der Waals surface area contributed by atoms with Crippen LogP contribution in [-0.2, 0) is 6.54 Å². The molecule has 0 aliphatic heterocycles. The van der Waals surface area contributed by atoms with Crippen molar-refractivity contribution in [2.75, 3.05) is 45.7 Å². The molecule has 0 aliphatic rings. The number of hydrogen-bond acceptors (Lipinski definition) is 4. The highest BCUT2D eigenvalue weighted by Gasteiger charge is 2.11. The number of carbonyl (C=O) groups excluding carboxylic acids is 1. The van der Waals surface area contributed by atoms with Gasteiger partial charge in [0.1, 0.15) is 0 Å². The molecule has 0 unspecified atom stereocenters. The summed E-state index contributed by atoms with van der Waals surface area (Å²) in [5.74, 6) is 0. The Morgan fingerprint density at radius 1 is 1.47 bits per heavy atom. The van der Waals surface area contributed by atoms with Gasteiger partial charge in [0.25, 0.3) is 0 Å². The summed E-state index contributed by atoms with van der Waals surface area (Å²) in [7, 11) is 4.00. The first-order valence-electron chi connectivity index (χ1n) is 6.40. The van der Waals surface area contributed by atoms with Gasteiger partial charge < -0.3 is 20.2 Å². The van der Waals surface area contributed by atoms with Crippen molar-refractivity contribution in [3.05, 3.63) is 12.4 Å². The third kappa shape index (κ3) is 5.27. The van der Waals surface area contributed by atoms with E-state index >= 15 is 0 Å². The number of likely N-dealkylation sites (N-methyl/N-ethyl adjacent to an activating group) is 2. The van der Waals surface area contributed by atoms with Crippen LogP contribution in [0.25, 0.3) is 0 Å². The van der Waals surface area contributed by atoms with E-state index in [1.54, 1.807) is 17.1 Å². The molecule has 1 aromatic rings. The van der Waals surface area contributed by atoms with Crippen LogP contribution >= 0.6 is 0 Å². The number of amides is 2. The normalized spacial score (nSPS) is 10.8. The Morgan fingerprint density at radius 3 is 2.79 bits per heavy atom. The number of rotatable bonds is 7. The van der Waals surface area contributed by atoms with Gasteiger partial charge in [-0.25, -0.2) is 4.79 Å². The number of hydrogen-bond donors (Lipinski definition) is 2. The van der Waals surface area contributed by atoms with Crippen molar-refractivity contribution >= 4 is 11.7 Å². The van der Waals surface area contributed by atoms with Crippen LogP contribution in [-0.4, -0.2) is 71.1 Å². The lowest BCUT2D eigenvalue weighted by Crippen LogP contribution is -2.36. The molecule has 0 saturated heterocycles. The summed E-state index contributed by atoms with van der Waals surface area (Å²) < 4.78 is 1.79. The van der Waals surface area contributed by atoms with Gasteiger partial charge in [0.05, 0.1) is 25.0 Å². The number of nitrogens with one attached hydrogen (secondary N) is 1. The quantitative estimate of drug-likeness (QED) is 0.746. The van der Waals surface area contributed by atoms with Crippen molar-refractivity contribution in [3.8, 4) is 0 Å². The molecule has 1 aromatic heterocycles. The molecule has 0 spiro atoms. The summed E-state index contributed by atoms with van der Waals surface area (Å²) in [6, 6.07) is -0.219. The van der Waals surface area contributed by atoms with Gasteiger partial charge in [-0.1, -0.05) is 0 Å². The Hall–Kier alpha value is -1.60. The van der Waals surface area contributed by atoms with E-state index in [4.69, 9.17) is 5.11 Å². The molecule has 0 aromatic carbocycles. The van der Waals surface area contributed by atoms with Gasteiger partial charge in [-0.2, -0.15) is 5.10 Å². The highest BCUT2D eigenvalue weighted by atomic mass is 16.3. The van der Waals surface area contributed by atoms with E-state index in [9.17, 15) is 4.79 Å². The number of aromatic nitrogens is 2. The van der Waals surface area contributed by atoms with Crippen molar-refractivity contribution in [2.24, 2.45) is 0 Å². The van der Waals surface area contributed by atoms with Gasteiger partial charge in [-0.3, -0.25) is 4.68 Å². The van der Waals surface area contributed by atoms with Crippen molar-refractivity contribution in [1.29, 1.82) is 0 Å². The van der Waals surface area contributed by atoms with Crippen LogP contribution in [0.2, 0.25) is 0 Å². The molecule has 19 heavy (non-hydrogen) atoms. The minimum absolute atomic E-state index is 0.0383. The minimum atomic E-state index is -0.219. The van der Waals surface area contributed by atoms with E-state index in [0.717, 1.165) is 13.1 Å². The van der Waals surface area contributed by atoms with E-state index in [0.29, 0.717) is 18.8 Å². The minimum Gasteiger partial charge on any atom is -0.395 e. The second kappa shape index (κ2) is 7.75. The number of aliphatic hydroxyl groups excluding tert-OH is 1. The van der Waals surface area contributed by atoms with Gasteiger partial charge >= 0.3 is 6.03 Å². The topological polar surface area (TPSA) is 73.6 Å². The molecule has 0 fully saturated rings. The molecule has 2 amide bonds. The Bertz CT molecular complexity index is 391. The van der Waals surface area contributed by atoms with Crippen LogP contribution in [0, 0.1) is 0 Å². The molecule has 1 rings (SSSR count). The van der Waals surface area contributed by atoms with Gasteiger partial charge in [-0.05, 0) is 21.0 Å². The lowest BCUT2D eigenvalue weighted by Gasteiger charge is -2.19. The molecule has 0 aliphatic carbocycles. The van der Waals surface area contributed by atoms with Crippen molar-refractivity contribution in [3.63, 3.8) is 0 Å². The SMILES string of the molecule is CCN(CCO)C(=O)Nc1cnn(CCN(C)C)c1. The second-order valence-electron chi connectivity index (χ2n) is 4.53. The van der Waals surface area contributed by atoms with Crippen molar-refractivity contribution < 1.29 is 9.90 Å². The Kier molecular flexibility index (Phi) is 6.31. The van der Waals surface area contributed by atoms with Crippen molar-refractivity contribution in [2.45, 2.75) is 13.5 Å². The Labute approximate surface area is 113 Å². The van der Waals surface area contributed by atoms with Gasteiger partial charge in [0.2, 0.25) is 0 Å². The predicted molar refractivity (Wildman–Crippen MR) is 74.1 cm³/mol. The van der Waals surface area contributed by atoms with Crippen LogP contribution in [0.15, 0.2) is 12.4 Å². The third-order valence-corrected chi connectivity index (χ3v) is 2.70. The first-order valence-corrected chi connectivity index (χ1v) is 6.40. The lowest BCUT2D eigenvalue weighted by atomic mass is 10.5. The first-order chi connectivity index (χ1) is 9.06. The van der Waals surface area contributed by atoms with E-state index in [1.807, 2.05) is 21.0 Å². The van der Waals surface area contributed by atoms with E-state index in [2.05, 4.69) is 15.3 Å². The fraction of sp³-hybridized carbons (Fsp3) is 0.667. The van der Waals surface area contributed by atoms with Crippen LogP contribution in [0.5, 0.6) is 0 Å². The standard InChI is InChI=1S/C12H23N5O2/c1-4-16(7-8-18)12(19)14-11-9-13-17(10-11)6-5-15(2)3/h9-10,18H,4-8H2,1-3H3,(H,14,19). The zero-order valence-corrected chi connectivity index (χ0v) is 11.8. The fourth-order valence-corrected chi connectivity index (χ4v) is 1.58. The molecule has 2 N–H and O–H groups in total. The maximum Gasteiger partial charge on any atom is 0.322 e. The highest BCUT2D eigenvalue weighted by Crippen LogP contribution is 2.06. The Morgan fingerprint density at radius 2 is 2.21 bits per heavy atom. The summed E-state index contributed by atoms with van der Waals surface area (Å²) in [5, 5.41) is 15.8. The molecule has 7 heteroatoms. The second-order valence-corrected chi connectivity index (χ2v) is 4.53. The number of anilines is 1. The lowest BCUT2D eigenvalue weighted by molar-refractivity contribution is 0.192. The van der Waals surface area contributed by atoms with Gasteiger partial charge in [0.15, 0.2) is 0 Å². The summed E-state index contributed by atoms with van der Waals surface area (Å²) in [6.45, 7) is 4.38. The summed E-state index contributed by atoms with van der Waals surface area (Å²) in [4.78, 5) is 15.5. The molecule has 108 valence electrons.